The average molecular weight is 978 g/mol. The summed E-state index contributed by atoms with van der Waals surface area (Å²) >= 11 is 0. The fourth-order valence-corrected chi connectivity index (χ4v) is 26.1. The molecule has 2 heteroatoms. The summed E-state index contributed by atoms with van der Waals surface area (Å²) in [7, 11) is 3.65. The van der Waals surface area contributed by atoms with E-state index in [1.165, 1.54) is 54.4 Å². The molecular weight excluding hydrogens is 873 g/mol. The number of rotatable bonds is 4. The zero-order valence-electron chi connectivity index (χ0n) is 47.5. The Hall–Kier alpha value is -1.64. The Kier molecular flexibility index (Phi) is 12.6. The lowest BCUT2D eigenvalue weighted by Gasteiger charge is -2.72. The second-order valence-electron chi connectivity index (χ2n) is 32.1. The van der Waals surface area contributed by atoms with Crippen molar-refractivity contribution in [3.05, 3.63) is 70.8 Å². The van der Waals surface area contributed by atoms with Crippen molar-refractivity contribution in [3.63, 3.8) is 0 Å². The highest BCUT2D eigenvalue weighted by molar-refractivity contribution is 5.25. The van der Waals surface area contributed by atoms with Gasteiger partial charge in [0.1, 0.15) is 0 Å². The molecular formula is C70H104O2. The van der Waals surface area contributed by atoms with Crippen molar-refractivity contribution in [3.8, 4) is 0 Å². The van der Waals surface area contributed by atoms with Crippen LogP contribution in [0.4, 0.5) is 0 Å². The summed E-state index contributed by atoms with van der Waals surface area (Å²) in [6.07, 6.45) is 46.1. The Labute approximate surface area is 441 Å². The maximum Gasteiger partial charge on any atom is 0.173 e. The summed E-state index contributed by atoms with van der Waals surface area (Å²) in [5.74, 6) is 14.5. The molecule has 396 valence electrons. The lowest BCUT2D eigenvalue weighted by Crippen LogP contribution is -2.62. The second-order valence-corrected chi connectivity index (χ2v) is 32.1. The lowest BCUT2D eigenvalue weighted by molar-refractivity contribution is -0.319. The predicted octanol–water partition coefficient (Wildman–Crippen LogP) is 18.7. The third-order valence-corrected chi connectivity index (χ3v) is 26.8. The minimum absolute atomic E-state index is 0.215. The van der Waals surface area contributed by atoms with Crippen LogP contribution >= 0.6 is 0 Å². The molecule has 4 atom stereocenters. The number of methoxy groups -OCH3 is 2. The molecule has 20 aliphatic carbocycles. The quantitative estimate of drug-likeness (QED) is 0.284. The molecule has 0 heterocycles. The van der Waals surface area contributed by atoms with E-state index in [2.05, 4.69) is 90.1 Å². The summed E-state index contributed by atoms with van der Waals surface area (Å²) in [5, 5.41) is 0. The van der Waals surface area contributed by atoms with Gasteiger partial charge in [-0.15, -0.1) is 0 Å². The van der Waals surface area contributed by atoms with Gasteiger partial charge in [-0.3, -0.25) is 0 Å². The van der Waals surface area contributed by atoms with E-state index >= 15 is 0 Å². The first-order valence-corrected chi connectivity index (χ1v) is 31.7. The van der Waals surface area contributed by atoms with Crippen LogP contribution in [0.5, 0.6) is 0 Å². The van der Waals surface area contributed by atoms with Gasteiger partial charge in [-0.1, -0.05) is 62.4 Å². The summed E-state index contributed by atoms with van der Waals surface area (Å²) in [6.45, 7) is 13.8. The van der Waals surface area contributed by atoms with Crippen molar-refractivity contribution < 1.29 is 9.47 Å². The Morgan fingerprint density at radius 2 is 0.542 bits per heavy atom. The smallest absolute Gasteiger partial charge is 0.173 e. The van der Waals surface area contributed by atoms with Gasteiger partial charge in [-0.2, -0.15) is 0 Å². The molecule has 20 bridgehead atoms. The topological polar surface area (TPSA) is 18.5 Å². The number of ether oxygens (including phenoxy) is 2. The SMILES string of the molecule is CC12CC3CC(C1)CC(C14CC5CC(CC(C5)C1)C4)(C3)C2.CC12CC3CC(C1)CC(C14CC5CC(CC(C5)C1)C4)(C3)C2.COC1(OC)C2CC3CC(C2)CC1C3.Cc1ccccc1C.Cc1ccccc1C. The van der Waals surface area contributed by atoms with Crippen molar-refractivity contribution >= 4 is 0 Å². The fraction of sp³-hybridized carbons (Fsp3) is 0.829. The van der Waals surface area contributed by atoms with E-state index in [4.69, 9.17) is 9.47 Å². The van der Waals surface area contributed by atoms with Crippen LogP contribution in [-0.2, 0) is 9.47 Å². The number of aryl methyl sites for hydroxylation is 4. The van der Waals surface area contributed by atoms with Crippen LogP contribution in [-0.4, -0.2) is 20.0 Å². The highest BCUT2D eigenvalue weighted by Gasteiger charge is 2.68. The van der Waals surface area contributed by atoms with E-state index in [1.54, 1.807) is 154 Å². The summed E-state index contributed by atoms with van der Waals surface area (Å²) < 4.78 is 11.5. The average Bonchev–Trinajstić information content (AvgIpc) is 3.30. The summed E-state index contributed by atoms with van der Waals surface area (Å²) in [5.41, 5.74) is 10.3. The van der Waals surface area contributed by atoms with Crippen LogP contribution in [0.15, 0.2) is 48.5 Å². The molecule has 0 radical (unpaired) electrons. The number of benzene rings is 2. The Balaban J connectivity index is 0.0000000927. The molecule has 2 aromatic carbocycles. The van der Waals surface area contributed by atoms with Gasteiger partial charge in [0, 0.05) is 26.1 Å². The van der Waals surface area contributed by atoms with Crippen LogP contribution in [0.2, 0.25) is 0 Å². The fourth-order valence-electron chi connectivity index (χ4n) is 26.1. The lowest BCUT2D eigenvalue weighted by atomic mass is 9.33. The molecule has 0 spiro atoms. The van der Waals surface area contributed by atoms with Crippen LogP contribution in [0.25, 0.3) is 0 Å². The van der Waals surface area contributed by atoms with Crippen LogP contribution in [0.1, 0.15) is 222 Å². The van der Waals surface area contributed by atoms with Crippen molar-refractivity contribution in [1.82, 2.24) is 0 Å². The van der Waals surface area contributed by atoms with E-state index in [0.29, 0.717) is 11.8 Å². The normalized spacial score (nSPS) is 50.6. The minimum atomic E-state index is -0.215. The molecule has 2 aromatic rings. The number of hydrogen-bond acceptors (Lipinski definition) is 2. The minimum Gasteiger partial charge on any atom is -0.353 e. The molecule has 20 fully saturated rings. The highest BCUT2D eigenvalue weighted by atomic mass is 16.7. The molecule has 20 aliphatic rings. The Morgan fingerprint density at radius 1 is 0.306 bits per heavy atom. The highest BCUT2D eigenvalue weighted by Crippen LogP contribution is 2.78. The molecule has 0 amide bonds. The van der Waals surface area contributed by atoms with Crippen molar-refractivity contribution in [1.29, 1.82) is 0 Å². The van der Waals surface area contributed by atoms with Gasteiger partial charge in [0.2, 0.25) is 0 Å². The molecule has 0 N–H and O–H groups in total. The van der Waals surface area contributed by atoms with Gasteiger partial charge in [0.05, 0.1) is 0 Å². The van der Waals surface area contributed by atoms with Gasteiger partial charge in [-0.25, -0.2) is 0 Å². The first kappa shape index (κ1) is 49.9. The maximum atomic E-state index is 5.74. The van der Waals surface area contributed by atoms with E-state index in [0.717, 1.165) is 104 Å². The standard InChI is InChI=1S/2C21H32.C12H20O2.2C8H10/c2*1-19-6-17-5-18(7-19)12-21(11-17,13-19)20-8-14-2-15(9-20)4-16(3-14)10-20;1-13-12(14-2)10-4-8-3-9(6-10)7-11(12)5-8;2*1-7-5-3-4-6-8(7)2/h2*14-18H,2-13H2,1H3;8-11H,3-7H2,1-2H3;2*3-6H,1-2H3. The van der Waals surface area contributed by atoms with Crippen molar-refractivity contribution in [2.45, 2.75) is 234 Å². The van der Waals surface area contributed by atoms with Gasteiger partial charge >= 0.3 is 0 Å². The molecule has 0 saturated heterocycles. The zero-order chi connectivity index (χ0) is 49.5. The summed E-state index contributed by atoms with van der Waals surface area (Å²) in [4.78, 5) is 0. The van der Waals surface area contributed by atoms with Gasteiger partial charge in [0.25, 0.3) is 0 Å². The first-order chi connectivity index (χ1) is 34.5. The first-order valence-electron chi connectivity index (χ1n) is 31.7. The molecule has 4 unspecified atom stereocenters. The van der Waals surface area contributed by atoms with E-state index < -0.39 is 0 Å². The number of hydrogen-bond donors (Lipinski definition) is 0. The van der Waals surface area contributed by atoms with E-state index in [-0.39, 0.29) is 5.79 Å². The van der Waals surface area contributed by atoms with Crippen LogP contribution in [0.3, 0.4) is 0 Å². The molecule has 22 rings (SSSR count). The zero-order valence-corrected chi connectivity index (χ0v) is 47.5. The largest absolute Gasteiger partial charge is 0.353 e. The third-order valence-electron chi connectivity index (χ3n) is 26.8. The van der Waals surface area contributed by atoms with E-state index in [1.807, 2.05) is 14.2 Å². The molecule has 2 nitrogen and oxygen atoms in total. The van der Waals surface area contributed by atoms with Gasteiger partial charge in [-0.05, 0) is 340 Å². The van der Waals surface area contributed by atoms with Crippen molar-refractivity contribution in [2.75, 3.05) is 14.2 Å². The van der Waals surface area contributed by atoms with E-state index in [9.17, 15) is 0 Å². The molecule has 0 aliphatic heterocycles. The Morgan fingerprint density at radius 3 is 0.778 bits per heavy atom. The van der Waals surface area contributed by atoms with Crippen molar-refractivity contribution in [2.24, 2.45) is 115 Å². The van der Waals surface area contributed by atoms with Gasteiger partial charge < -0.3 is 9.47 Å². The predicted molar refractivity (Wildman–Crippen MR) is 297 cm³/mol. The molecule has 0 aromatic heterocycles. The summed E-state index contributed by atoms with van der Waals surface area (Å²) in [6, 6.07) is 16.7. The second kappa shape index (κ2) is 18.2. The van der Waals surface area contributed by atoms with Crippen LogP contribution in [0, 0.1) is 143 Å². The van der Waals surface area contributed by atoms with Gasteiger partial charge in [0.15, 0.2) is 5.79 Å². The molecule has 20 saturated carbocycles. The monoisotopic (exact) mass is 977 g/mol. The third kappa shape index (κ3) is 8.56. The van der Waals surface area contributed by atoms with Crippen LogP contribution < -0.4 is 0 Å². The maximum absolute atomic E-state index is 5.74. The Bertz CT molecular complexity index is 1970. The molecule has 72 heavy (non-hydrogen) atoms.